The number of esters is 2. The van der Waals surface area contributed by atoms with Crippen molar-refractivity contribution in [3.63, 3.8) is 0 Å². The monoisotopic (exact) mass is 680 g/mol. The van der Waals surface area contributed by atoms with E-state index in [1.165, 1.54) is 26.2 Å². The topological polar surface area (TPSA) is 160 Å². The third kappa shape index (κ3) is 12.6. The Balaban J connectivity index is 1.86. The summed E-state index contributed by atoms with van der Waals surface area (Å²) in [5.41, 5.74) is 1.17. The van der Waals surface area contributed by atoms with Gasteiger partial charge in [0, 0.05) is 43.9 Å². The first kappa shape index (κ1) is 39.2. The fourth-order valence-corrected chi connectivity index (χ4v) is 5.97. The molecule has 0 spiro atoms. The zero-order chi connectivity index (χ0) is 35.9. The molecule has 1 saturated carbocycles. The Bertz CT molecular complexity index is 1420. The third-order valence-electron chi connectivity index (χ3n) is 8.94. The fraction of sp³-hybridized carbons (Fsp3) is 0.526. The molecule has 2 aliphatic rings. The van der Waals surface area contributed by atoms with Crippen molar-refractivity contribution >= 4 is 29.4 Å². The number of carbonyl (C=O) groups is 4. The van der Waals surface area contributed by atoms with Crippen LogP contribution in [0.15, 0.2) is 60.2 Å². The molecule has 2 amide bonds. The maximum absolute atomic E-state index is 13.2. The van der Waals surface area contributed by atoms with Gasteiger partial charge in [0.05, 0.1) is 24.3 Å². The molecule has 1 aliphatic carbocycles. The largest absolute Gasteiger partial charge is 0.505 e. The van der Waals surface area contributed by atoms with Crippen LogP contribution in [0.4, 0.5) is 5.69 Å². The van der Waals surface area contributed by atoms with Crippen LogP contribution in [0.2, 0.25) is 0 Å². The molecule has 5 atom stereocenters. The van der Waals surface area contributed by atoms with Gasteiger partial charge in [0.25, 0.3) is 0 Å². The lowest BCUT2D eigenvalue weighted by Crippen LogP contribution is -2.45. The van der Waals surface area contributed by atoms with Crippen LogP contribution in [0.3, 0.4) is 0 Å². The highest BCUT2D eigenvalue weighted by atomic mass is 16.5. The van der Waals surface area contributed by atoms with Crippen molar-refractivity contribution in [2.75, 3.05) is 12.4 Å². The maximum atomic E-state index is 13.2. The molecule has 1 aromatic carbocycles. The number of phenolic OH excluding ortho intramolecular Hbond substituents is 1. The standard InChI is InChI=1S/C38H52N2O9/c1-24-15-14-18-29-21-31(48-27(4)41)22-32(36(29)44)40-34(42)23-30(47-5)19-12-7-6-8-13-20-33(25(2)35(24)43)49-38(46)26(3)39-37(45)28-16-10-9-11-17-28/h6-8,12-13,15,19,21-22,25-26,28,30,33,35,43-44H,9-11,14,16-18,20,23H2,1-5H3,(H,39,45)(H,40,42)/b7-6+,13-8+,19-12-,24-15+/t25?,26-,30?,33?,35?/m0/s1. The minimum atomic E-state index is -0.965. The molecule has 3 rings (SSSR count). The van der Waals surface area contributed by atoms with E-state index in [4.69, 9.17) is 14.2 Å². The van der Waals surface area contributed by atoms with Crippen molar-refractivity contribution in [2.24, 2.45) is 11.8 Å². The summed E-state index contributed by atoms with van der Waals surface area (Å²) >= 11 is 0. The molecule has 2 bridgehead atoms. The van der Waals surface area contributed by atoms with Crippen molar-refractivity contribution < 1.29 is 43.6 Å². The number of aromatic hydroxyl groups is 1. The number of aliphatic hydroxyl groups is 1. The first-order valence-corrected chi connectivity index (χ1v) is 17.1. The number of hydrogen-bond donors (Lipinski definition) is 4. The quantitative estimate of drug-likeness (QED) is 0.130. The zero-order valence-electron chi connectivity index (χ0n) is 29.3. The van der Waals surface area contributed by atoms with Gasteiger partial charge in [0.1, 0.15) is 23.6 Å². The number of carbonyl (C=O) groups excluding carboxylic acids is 4. The van der Waals surface area contributed by atoms with E-state index in [-0.39, 0.29) is 35.4 Å². The minimum absolute atomic E-state index is 0.0342. The number of fused-ring (bicyclic) bond motifs is 2. The molecule has 0 aromatic heterocycles. The predicted molar refractivity (Wildman–Crippen MR) is 187 cm³/mol. The van der Waals surface area contributed by atoms with Gasteiger partial charge < -0.3 is 35.1 Å². The van der Waals surface area contributed by atoms with Gasteiger partial charge in [-0.1, -0.05) is 68.7 Å². The first-order valence-electron chi connectivity index (χ1n) is 17.1. The molecule has 11 heteroatoms. The van der Waals surface area contributed by atoms with Crippen LogP contribution in [0.1, 0.15) is 84.6 Å². The number of rotatable bonds is 6. The van der Waals surface area contributed by atoms with E-state index in [1.54, 1.807) is 51.2 Å². The van der Waals surface area contributed by atoms with Gasteiger partial charge in [-0.3, -0.25) is 14.4 Å². The second-order valence-corrected chi connectivity index (χ2v) is 12.9. The third-order valence-corrected chi connectivity index (χ3v) is 8.94. The number of ether oxygens (including phenoxy) is 3. The highest BCUT2D eigenvalue weighted by molar-refractivity contribution is 5.93. The van der Waals surface area contributed by atoms with Gasteiger partial charge in [-0.25, -0.2) is 4.79 Å². The molecule has 1 aromatic rings. The number of benzene rings is 1. The van der Waals surface area contributed by atoms with E-state index in [0.717, 1.165) is 32.1 Å². The Labute approximate surface area is 289 Å². The number of phenols is 1. The average Bonchev–Trinajstić information content (AvgIpc) is 3.07. The maximum Gasteiger partial charge on any atom is 0.328 e. The van der Waals surface area contributed by atoms with E-state index in [9.17, 15) is 29.4 Å². The van der Waals surface area contributed by atoms with Crippen molar-refractivity contribution in [2.45, 2.75) is 110 Å². The van der Waals surface area contributed by atoms with Gasteiger partial charge in [-0.2, -0.15) is 0 Å². The van der Waals surface area contributed by atoms with E-state index in [1.807, 2.05) is 12.2 Å². The van der Waals surface area contributed by atoms with Crippen LogP contribution in [-0.2, 0) is 35.1 Å². The number of hydrogen-bond acceptors (Lipinski definition) is 9. The second kappa shape index (κ2) is 19.7. The number of methoxy groups -OCH3 is 1. The summed E-state index contributed by atoms with van der Waals surface area (Å²) in [4.78, 5) is 50.6. The van der Waals surface area contributed by atoms with E-state index in [2.05, 4.69) is 10.6 Å². The number of nitrogens with one attached hydrogen (secondary N) is 2. The van der Waals surface area contributed by atoms with Gasteiger partial charge in [-0.15, -0.1) is 0 Å². The lowest BCUT2D eigenvalue weighted by Gasteiger charge is -2.29. The van der Waals surface area contributed by atoms with E-state index >= 15 is 0 Å². The molecule has 1 fully saturated rings. The summed E-state index contributed by atoms with van der Waals surface area (Å²) < 4.78 is 16.6. The Kier molecular flexibility index (Phi) is 15.8. The summed E-state index contributed by atoms with van der Waals surface area (Å²) in [7, 11) is 1.49. The molecule has 4 N–H and O–H groups in total. The van der Waals surface area contributed by atoms with Crippen LogP contribution >= 0.6 is 0 Å². The molecule has 1 heterocycles. The Morgan fingerprint density at radius 1 is 1.06 bits per heavy atom. The Morgan fingerprint density at radius 2 is 1.78 bits per heavy atom. The van der Waals surface area contributed by atoms with Gasteiger partial charge in [-0.05, 0) is 51.2 Å². The van der Waals surface area contributed by atoms with Crippen molar-refractivity contribution in [3.05, 3.63) is 65.8 Å². The molecule has 11 nitrogen and oxygen atoms in total. The van der Waals surface area contributed by atoms with E-state index < -0.39 is 48.1 Å². The first-order chi connectivity index (χ1) is 23.4. The number of aryl methyl sites for hydroxylation is 1. The lowest BCUT2D eigenvalue weighted by molar-refractivity contribution is -0.156. The summed E-state index contributed by atoms with van der Waals surface area (Å²) in [6.45, 7) is 6.46. The van der Waals surface area contributed by atoms with Crippen LogP contribution in [0, 0.1) is 11.8 Å². The number of anilines is 1. The van der Waals surface area contributed by atoms with Crippen LogP contribution < -0.4 is 15.4 Å². The van der Waals surface area contributed by atoms with Crippen LogP contribution in [-0.4, -0.2) is 65.4 Å². The molecule has 49 heavy (non-hydrogen) atoms. The lowest BCUT2D eigenvalue weighted by atomic mass is 9.88. The summed E-state index contributed by atoms with van der Waals surface area (Å²) in [5.74, 6) is -2.26. The normalized spacial score (nSPS) is 26.7. The average molecular weight is 681 g/mol. The molecular weight excluding hydrogens is 628 g/mol. The van der Waals surface area contributed by atoms with E-state index in [0.29, 0.717) is 30.4 Å². The zero-order valence-corrected chi connectivity index (χ0v) is 29.3. The highest BCUT2D eigenvalue weighted by Crippen LogP contribution is 2.34. The molecule has 0 radical (unpaired) electrons. The molecule has 268 valence electrons. The van der Waals surface area contributed by atoms with Crippen LogP contribution in [0.25, 0.3) is 0 Å². The Hall–Kier alpha value is -4.22. The van der Waals surface area contributed by atoms with Gasteiger partial charge >= 0.3 is 11.9 Å². The predicted octanol–water partition coefficient (Wildman–Crippen LogP) is 5.61. The Morgan fingerprint density at radius 3 is 2.47 bits per heavy atom. The number of amides is 2. The molecule has 1 aliphatic heterocycles. The smallest absolute Gasteiger partial charge is 0.328 e. The van der Waals surface area contributed by atoms with Crippen LogP contribution in [0.5, 0.6) is 11.5 Å². The van der Waals surface area contributed by atoms with Crippen molar-refractivity contribution in [3.8, 4) is 11.5 Å². The minimum Gasteiger partial charge on any atom is -0.505 e. The summed E-state index contributed by atoms with van der Waals surface area (Å²) in [5, 5.41) is 27.9. The number of allylic oxidation sites excluding steroid dienone is 5. The van der Waals surface area contributed by atoms with Crippen molar-refractivity contribution in [1.29, 1.82) is 0 Å². The second-order valence-electron chi connectivity index (χ2n) is 12.9. The number of aliphatic hydroxyl groups excluding tert-OH is 1. The van der Waals surface area contributed by atoms with Crippen molar-refractivity contribution in [1.82, 2.24) is 5.32 Å². The fourth-order valence-electron chi connectivity index (χ4n) is 5.97. The highest BCUT2D eigenvalue weighted by Gasteiger charge is 2.31. The van der Waals surface area contributed by atoms with Gasteiger partial charge in [0.2, 0.25) is 11.8 Å². The molecule has 0 saturated heterocycles. The molecular formula is C38H52N2O9. The SMILES string of the molecule is COC1\C=C/C=C/C=C/CC(OC(=O)[C@H](C)NC(=O)C2CCCCC2)C(C)C(O)/C(C)=C/CCc2cc(OC(C)=O)cc(c2O)NC(=O)C1. The summed E-state index contributed by atoms with van der Waals surface area (Å²) in [6, 6.07) is 2.08. The molecule has 4 unspecified atom stereocenters. The summed E-state index contributed by atoms with van der Waals surface area (Å²) in [6.07, 6.45) is 16.0. The van der Waals surface area contributed by atoms with Gasteiger partial charge in [0.15, 0.2) is 0 Å².